The highest BCUT2D eigenvalue weighted by molar-refractivity contribution is 5.66. The molecule has 0 radical (unpaired) electrons. The first-order valence-electron chi connectivity index (χ1n) is 3.83. The van der Waals surface area contributed by atoms with Crippen LogP contribution in [0, 0.1) is 0 Å². The van der Waals surface area contributed by atoms with E-state index in [9.17, 15) is 4.79 Å². The Hall–Kier alpha value is -1.29. The highest BCUT2D eigenvalue weighted by Gasteiger charge is 2.03. The van der Waals surface area contributed by atoms with Gasteiger partial charge in [0, 0.05) is 6.54 Å². The molecule has 1 aliphatic rings. The van der Waals surface area contributed by atoms with Crippen molar-refractivity contribution in [3.8, 4) is 0 Å². The van der Waals surface area contributed by atoms with Gasteiger partial charge in [-0.2, -0.15) is 0 Å². The zero-order chi connectivity index (χ0) is 8.81. The van der Waals surface area contributed by atoms with Crippen molar-refractivity contribution in [3.05, 3.63) is 24.4 Å². The van der Waals surface area contributed by atoms with Gasteiger partial charge in [0.05, 0.1) is 12.6 Å². The van der Waals surface area contributed by atoms with E-state index in [4.69, 9.17) is 5.11 Å². The molecule has 12 heavy (non-hydrogen) atoms. The van der Waals surface area contributed by atoms with Gasteiger partial charge in [-0.1, -0.05) is 6.08 Å². The molecule has 0 aromatic carbocycles. The molecule has 0 amide bonds. The molecule has 1 heterocycles. The molecule has 4 nitrogen and oxygen atoms in total. The third-order valence-electron chi connectivity index (χ3n) is 1.49. The van der Waals surface area contributed by atoms with E-state index >= 15 is 0 Å². The zero-order valence-corrected chi connectivity index (χ0v) is 6.66. The van der Waals surface area contributed by atoms with Gasteiger partial charge in [-0.3, -0.25) is 10.1 Å². The van der Waals surface area contributed by atoms with Crippen LogP contribution in [0.2, 0.25) is 0 Å². The average molecular weight is 168 g/mol. The summed E-state index contributed by atoms with van der Waals surface area (Å²) >= 11 is 0. The highest BCUT2D eigenvalue weighted by atomic mass is 16.4. The van der Waals surface area contributed by atoms with Gasteiger partial charge in [0.2, 0.25) is 0 Å². The molecular weight excluding hydrogens is 156 g/mol. The van der Waals surface area contributed by atoms with E-state index in [-0.39, 0.29) is 12.6 Å². The Labute approximate surface area is 71.0 Å². The van der Waals surface area contributed by atoms with Gasteiger partial charge in [-0.15, -0.1) is 0 Å². The van der Waals surface area contributed by atoms with E-state index in [2.05, 4.69) is 10.6 Å². The monoisotopic (exact) mass is 168 g/mol. The van der Waals surface area contributed by atoms with Crippen molar-refractivity contribution in [2.75, 3.05) is 6.54 Å². The molecule has 4 heteroatoms. The first-order chi connectivity index (χ1) is 5.79. The third kappa shape index (κ3) is 3.21. The van der Waals surface area contributed by atoms with Crippen LogP contribution >= 0.6 is 0 Å². The number of carbonyl (C=O) groups is 1. The maximum Gasteiger partial charge on any atom is 0.304 e. The van der Waals surface area contributed by atoms with Crippen molar-refractivity contribution in [3.63, 3.8) is 0 Å². The van der Waals surface area contributed by atoms with Crippen LogP contribution in [0.3, 0.4) is 0 Å². The zero-order valence-electron chi connectivity index (χ0n) is 6.66. The van der Waals surface area contributed by atoms with Gasteiger partial charge in [-0.05, 0) is 18.4 Å². The molecule has 3 N–H and O–H groups in total. The number of allylic oxidation sites excluding steroid dienone is 2. The largest absolute Gasteiger partial charge is 0.481 e. The van der Waals surface area contributed by atoms with Crippen LogP contribution in [0.15, 0.2) is 24.4 Å². The van der Waals surface area contributed by atoms with Crippen molar-refractivity contribution < 1.29 is 9.90 Å². The van der Waals surface area contributed by atoms with E-state index in [0.29, 0.717) is 6.54 Å². The summed E-state index contributed by atoms with van der Waals surface area (Å²) in [6.07, 6.45) is 7.76. The van der Waals surface area contributed by atoms with Crippen LogP contribution < -0.4 is 10.6 Å². The molecule has 0 aromatic heterocycles. The summed E-state index contributed by atoms with van der Waals surface area (Å²) in [6, 6.07) is 0. The molecular formula is C8H12N2O2. The fourth-order valence-electron chi connectivity index (χ4n) is 0.907. The minimum absolute atomic E-state index is 0.0642. The fourth-order valence-corrected chi connectivity index (χ4v) is 0.907. The standard InChI is InChI=1S/C8H12N2O2/c11-8(12)4-6-10-7-3-1-2-5-9-7/h1-3,5,7,9-10H,4,6H2,(H,11,12). The van der Waals surface area contributed by atoms with Crippen molar-refractivity contribution >= 4 is 5.97 Å². The third-order valence-corrected chi connectivity index (χ3v) is 1.49. The van der Waals surface area contributed by atoms with Gasteiger partial charge >= 0.3 is 5.97 Å². The predicted molar refractivity (Wildman–Crippen MR) is 45.5 cm³/mol. The molecule has 1 atom stereocenters. The molecule has 0 spiro atoms. The fraction of sp³-hybridized carbons (Fsp3) is 0.375. The van der Waals surface area contributed by atoms with Gasteiger partial charge < -0.3 is 10.4 Å². The molecule has 1 rings (SSSR count). The number of aliphatic carboxylic acids is 1. The summed E-state index contributed by atoms with van der Waals surface area (Å²) in [7, 11) is 0. The van der Waals surface area contributed by atoms with E-state index < -0.39 is 5.97 Å². The summed E-state index contributed by atoms with van der Waals surface area (Å²) in [4.78, 5) is 10.1. The Morgan fingerprint density at radius 3 is 3.00 bits per heavy atom. The van der Waals surface area contributed by atoms with E-state index in [0.717, 1.165) is 0 Å². The average Bonchev–Trinajstić information content (AvgIpc) is 2.05. The maximum atomic E-state index is 10.1. The first-order valence-corrected chi connectivity index (χ1v) is 3.83. The van der Waals surface area contributed by atoms with Crippen LogP contribution in [0.5, 0.6) is 0 Å². The van der Waals surface area contributed by atoms with Crippen LogP contribution in [0.4, 0.5) is 0 Å². The van der Waals surface area contributed by atoms with E-state index in [1.807, 2.05) is 24.4 Å². The summed E-state index contributed by atoms with van der Waals surface area (Å²) in [6.45, 7) is 0.477. The molecule has 0 bridgehead atoms. The lowest BCUT2D eigenvalue weighted by Gasteiger charge is -2.16. The first kappa shape index (κ1) is 8.80. The van der Waals surface area contributed by atoms with Gasteiger partial charge in [0.15, 0.2) is 0 Å². The van der Waals surface area contributed by atoms with Crippen LogP contribution in [0.1, 0.15) is 6.42 Å². The van der Waals surface area contributed by atoms with Crippen LogP contribution in [-0.4, -0.2) is 23.8 Å². The predicted octanol–water partition coefficient (Wildman–Crippen LogP) is 0.0499. The van der Waals surface area contributed by atoms with Crippen molar-refractivity contribution in [2.24, 2.45) is 0 Å². The maximum absolute atomic E-state index is 10.1. The second-order valence-electron chi connectivity index (χ2n) is 2.49. The molecule has 1 unspecified atom stereocenters. The minimum Gasteiger partial charge on any atom is -0.481 e. The number of carboxylic acid groups (broad SMARTS) is 1. The summed E-state index contributed by atoms with van der Waals surface area (Å²) in [5.41, 5.74) is 0. The number of hydrogen-bond acceptors (Lipinski definition) is 3. The number of dihydropyridines is 1. The number of rotatable bonds is 4. The number of nitrogens with one attached hydrogen (secondary N) is 2. The van der Waals surface area contributed by atoms with Crippen LogP contribution in [-0.2, 0) is 4.79 Å². The van der Waals surface area contributed by atoms with Gasteiger partial charge in [0.25, 0.3) is 0 Å². The summed E-state index contributed by atoms with van der Waals surface area (Å²) in [5.74, 6) is -0.780. The molecule has 0 saturated heterocycles. The summed E-state index contributed by atoms with van der Waals surface area (Å²) < 4.78 is 0. The number of hydrogen-bond donors (Lipinski definition) is 3. The number of carboxylic acids is 1. The van der Waals surface area contributed by atoms with E-state index in [1.165, 1.54) is 0 Å². The second kappa shape index (κ2) is 4.56. The van der Waals surface area contributed by atoms with Crippen molar-refractivity contribution in [1.29, 1.82) is 0 Å². The smallest absolute Gasteiger partial charge is 0.304 e. The lowest BCUT2D eigenvalue weighted by molar-refractivity contribution is -0.136. The van der Waals surface area contributed by atoms with Crippen molar-refractivity contribution in [1.82, 2.24) is 10.6 Å². The van der Waals surface area contributed by atoms with Gasteiger partial charge in [0.1, 0.15) is 0 Å². The van der Waals surface area contributed by atoms with Crippen molar-refractivity contribution in [2.45, 2.75) is 12.6 Å². The topological polar surface area (TPSA) is 61.4 Å². The van der Waals surface area contributed by atoms with Crippen LogP contribution in [0.25, 0.3) is 0 Å². The molecule has 66 valence electrons. The SMILES string of the molecule is O=C(O)CCNC1C=CC=CN1. The Morgan fingerprint density at radius 1 is 1.58 bits per heavy atom. The van der Waals surface area contributed by atoms with E-state index in [1.54, 1.807) is 0 Å². The molecule has 1 aliphatic heterocycles. The molecule has 0 saturated carbocycles. The molecule has 0 aromatic rings. The normalized spacial score (nSPS) is 20.5. The van der Waals surface area contributed by atoms with Gasteiger partial charge in [-0.25, -0.2) is 0 Å². The molecule has 0 fully saturated rings. The Balaban J connectivity index is 2.11. The lowest BCUT2D eigenvalue weighted by atomic mass is 10.3. The molecule has 0 aliphatic carbocycles. The highest BCUT2D eigenvalue weighted by Crippen LogP contribution is 1.90. The Morgan fingerprint density at radius 2 is 2.42 bits per heavy atom. The Bertz CT molecular complexity index is 211. The minimum atomic E-state index is -0.780. The second-order valence-corrected chi connectivity index (χ2v) is 2.49. The lowest BCUT2D eigenvalue weighted by Crippen LogP contribution is -2.39. The summed E-state index contributed by atoms with van der Waals surface area (Å²) in [5, 5.41) is 14.4. The quantitative estimate of drug-likeness (QED) is 0.555. The Kier molecular flexibility index (Phi) is 3.35.